The molecule has 0 aromatic heterocycles. The first kappa shape index (κ1) is 20.3. The molecule has 30 heavy (non-hydrogen) atoms. The topological polar surface area (TPSA) is 91.3 Å². The van der Waals surface area contributed by atoms with Crippen LogP contribution in [0.25, 0.3) is 10.8 Å². The van der Waals surface area contributed by atoms with E-state index in [1.54, 1.807) is 12.1 Å². The number of amidine groups is 1. The van der Waals surface area contributed by atoms with E-state index in [4.69, 9.17) is 11.1 Å². The number of nitrogen functional groups attached to an aromatic ring is 1. The van der Waals surface area contributed by atoms with Crippen molar-refractivity contribution in [1.29, 1.82) is 5.41 Å². The summed E-state index contributed by atoms with van der Waals surface area (Å²) in [7, 11) is 0. The van der Waals surface area contributed by atoms with Crippen LogP contribution < -0.4 is 11.1 Å². The largest absolute Gasteiger partial charge is 0.384 e. The molecule has 0 saturated carbocycles. The Morgan fingerprint density at radius 3 is 2.67 bits per heavy atom. The third-order valence-corrected chi connectivity index (χ3v) is 5.99. The van der Waals surface area contributed by atoms with Gasteiger partial charge in [0.15, 0.2) is 0 Å². The van der Waals surface area contributed by atoms with E-state index in [2.05, 4.69) is 46.2 Å². The van der Waals surface area contributed by atoms with Gasteiger partial charge in [0.25, 0.3) is 5.91 Å². The second kappa shape index (κ2) is 8.03. The SMILES string of the molecule is CC(C)C1=NCCc2ccc(NC(=O)c3cc(Br)c4cc(C(=N)N)ccc4c3)cc21. The first-order valence-electron chi connectivity index (χ1n) is 9.90. The fraction of sp³-hybridized carbons (Fsp3) is 0.208. The minimum Gasteiger partial charge on any atom is -0.384 e. The molecule has 3 aromatic carbocycles. The maximum atomic E-state index is 13.0. The molecule has 1 aliphatic rings. The Bertz CT molecular complexity index is 1210. The highest BCUT2D eigenvalue weighted by molar-refractivity contribution is 9.10. The van der Waals surface area contributed by atoms with Crippen LogP contribution in [0.15, 0.2) is 58.0 Å². The van der Waals surface area contributed by atoms with Crippen LogP contribution in [0.2, 0.25) is 0 Å². The Morgan fingerprint density at radius 1 is 1.13 bits per heavy atom. The Labute approximate surface area is 184 Å². The highest BCUT2D eigenvalue weighted by atomic mass is 79.9. The van der Waals surface area contributed by atoms with Crippen molar-refractivity contribution in [1.82, 2.24) is 0 Å². The van der Waals surface area contributed by atoms with Gasteiger partial charge in [0.2, 0.25) is 0 Å². The Kier molecular flexibility index (Phi) is 5.43. The number of hydrogen-bond donors (Lipinski definition) is 3. The first-order chi connectivity index (χ1) is 14.3. The zero-order valence-corrected chi connectivity index (χ0v) is 18.5. The van der Waals surface area contributed by atoms with Gasteiger partial charge in [-0.3, -0.25) is 15.2 Å². The second-order valence-corrected chi connectivity index (χ2v) is 8.66. The van der Waals surface area contributed by atoms with Gasteiger partial charge in [0.05, 0.1) is 0 Å². The van der Waals surface area contributed by atoms with Gasteiger partial charge in [-0.2, -0.15) is 0 Å². The van der Waals surface area contributed by atoms with Gasteiger partial charge >= 0.3 is 0 Å². The van der Waals surface area contributed by atoms with Crippen LogP contribution in [0.5, 0.6) is 0 Å². The Morgan fingerprint density at radius 2 is 1.93 bits per heavy atom. The van der Waals surface area contributed by atoms with Gasteiger partial charge in [-0.15, -0.1) is 0 Å². The Balaban J connectivity index is 1.64. The van der Waals surface area contributed by atoms with E-state index >= 15 is 0 Å². The van der Waals surface area contributed by atoms with E-state index in [9.17, 15) is 4.79 Å². The van der Waals surface area contributed by atoms with E-state index in [-0.39, 0.29) is 11.7 Å². The number of nitrogens with one attached hydrogen (secondary N) is 2. The maximum Gasteiger partial charge on any atom is 0.255 e. The number of fused-ring (bicyclic) bond motifs is 2. The fourth-order valence-corrected chi connectivity index (χ4v) is 4.39. The van der Waals surface area contributed by atoms with Crippen LogP contribution in [-0.2, 0) is 6.42 Å². The molecule has 0 saturated heterocycles. The van der Waals surface area contributed by atoms with E-state index in [0.717, 1.165) is 45.2 Å². The van der Waals surface area contributed by atoms with Crippen LogP contribution in [-0.4, -0.2) is 24.0 Å². The van der Waals surface area contributed by atoms with Gasteiger partial charge < -0.3 is 11.1 Å². The molecule has 1 aliphatic heterocycles. The summed E-state index contributed by atoms with van der Waals surface area (Å²) in [5.41, 5.74) is 11.1. The van der Waals surface area contributed by atoms with Crippen molar-refractivity contribution in [3.8, 4) is 0 Å². The van der Waals surface area contributed by atoms with Crippen molar-refractivity contribution in [2.75, 3.05) is 11.9 Å². The molecular formula is C24H23BrN4O. The van der Waals surface area contributed by atoms with E-state index in [1.165, 1.54) is 5.56 Å². The lowest BCUT2D eigenvalue weighted by Crippen LogP contribution is -2.19. The third-order valence-electron chi connectivity index (χ3n) is 5.33. The van der Waals surface area contributed by atoms with Crippen LogP contribution in [0.1, 0.15) is 40.9 Å². The summed E-state index contributed by atoms with van der Waals surface area (Å²) in [6, 6.07) is 15.2. The Hall–Kier alpha value is -2.99. The molecule has 0 spiro atoms. The minimum absolute atomic E-state index is 0.0161. The lowest BCUT2D eigenvalue weighted by Gasteiger charge is -2.20. The third kappa shape index (κ3) is 3.87. The molecule has 0 atom stereocenters. The number of anilines is 1. The van der Waals surface area contributed by atoms with Crippen molar-refractivity contribution >= 4 is 49.8 Å². The van der Waals surface area contributed by atoms with Crippen LogP contribution in [0.3, 0.4) is 0 Å². The van der Waals surface area contributed by atoms with Gasteiger partial charge in [0.1, 0.15) is 5.84 Å². The number of rotatable bonds is 4. The van der Waals surface area contributed by atoms with E-state index < -0.39 is 0 Å². The van der Waals surface area contributed by atoms with Gasteiger partial charge in [-0.05, 0) is 59.0 Å². The molecule has 4 rings (SSSR count). The number of nitrogens with zero attached hydrogens (tertiary/aromatic N) is 1. The normalized spacial score (nSPS) is 13.1. The fourth-order valence-electron chi connectivity index (χ4n) is 3.80. The lowest BCUT2D eigenvalue weighted by molar-refractivity contribution is 0.102. The van der Waals surface area contributed by atoms with Crippen molar-refractivity contribution in [2.24, 2.45) is 16.6 Å². The first-order valence-corrected chi connectivity index (χ1v) is 10.7. The molecule has 3 aromatic rings. The summed E-state index contributed by atoms with van der Waals surface area (Å²) in [5.74, 6) is 0.181. The van der Waals surface area contributed by atoms with Crippen molar-refractivity contribution < 1.29 is 4.79 Å². The summed E-state index contributed by atoms with van der Waals surface area (Å²) in [6.45, 7) is 5.11. The number of carbonyl (C=O) groups excluding carboxylic acids is 1. The summed E-state index contributed by atoms with van der Waals surface area (Å²) in [5, 5.41) is 12.4. The molecule has 0 radical (unpaired) electrons. The molecule has 152 valence electrons. The van der Waals surface area contributed by atoms with Gasteiger partial charge in [0, 0.05) is 39.1 Å². The van der Waals surface area contributed by atoms with Crippen LogP contribution in [0.4, 0.5) is 5.69 Å². The lowest BCUT2D eigenvalue weighted by atomic mass is 9.91. The highest BCUT2D eigenvalue weighted by Gasteiger charge is 2.18. The quantitative estimate of drug-likeness (QED) is 0.369. The maximum absolute atomic E-state index is 13.0. The summed E-state index contributed by atoms with van der Waals surface area (Å²) >= 11 is 3.55. The number of halogens is 1. The molecule has 1 amide bonds. The van der Waals surface area contributed by atoms with Crippen molar-refractivity contribution in [2.45, 2.75) is 20.3 Å². The standard InChI is InChI=1S/C24H23BrN4O/c1-13(2)22-20-12-18(6-5-14(20)7-8-28-22)29-24(30)17-9-15-3-4-16(23(26)27)10-19(15)21(25)11-17/h3-6,9-13H,7-8H2,1-2H3,(H3,26,27)(H,29,30). The predicted octanol–water partition coefficient (Wildman–Crippen LogP) is 5.14. The molecule has 5 nitrogen and oxygen atoms in total. The second-order valence-electron chi connectivity index (χ2n) is 7.81. The van der Waals surface area contributed by atoms with E-state index in [0.29, 0.717) is 17.0 Å². The van der Waals surface area contributed by atoms with Crippen molar-refractivity contribution in [3.63, 3.8) is 0 Å². The monoisotopic (exact) mass is 462 g/mol. The summed E-state index contributed by atoms with van der Waals surface area (Å²) in [6.07, 6.45) is 0.930. The number of carbonyl (C=O) groups is 1. The number of aliphatic imine (C=N–C) groups is 1. The number of benzene rings is 3. The highest BCUT2D eigenvalue weighted by Crippen LogP contribution is 2.28. The molecule has 1 heterocycles. The number of hydrogen-bond acceptors (Lipinski definition) is 3. The smallest absolute Gasteiger partial charge is 0.255 e. The van der Waals surface area contributed by atoms with Crippen molar-refractivity contribution in [3.05, 3.63) is 75.3 Å². The number of nitrogens with two attached hydrogens (primary N) is 1. The van der Waals surface area contributed by atoms with Gasteiger partial charge in [-0.1, -0.05) is 48.0 Å². The zero-order chi connectivity index (χ0) is 21.4. The summed E-state index contributed by atoms with van der Waals surface area (Å²) in [4.78, 5) is 17.6. The van der Waals surface area contributed by atoms with E-state index in [1.807, 2.05) is 30.3 Å². The minimum atomic E-state index is -0.174. The summed E-state index contributed by atoms with van der Waals surface area (Å²) < 4.78 is 0.785. The van der Waals surface area contributed by atoms with Crippen LogP contribution in [0, 0.1) is 11.3 Å². The average molecular weight is 463 g/mol. The predicted molar refractivity (Wildman–Crippen MR) is 127 cm³/mol. The average Bonchev–Trinajstić information content (AvgIpc) is 2.72. The molecule has 0 unspecified atom stereocenters. The van der Waals surface area contributed by atoms with Gasteiger partial charge in [-0.25, -0.2) is 0 Å². The molecule has 0 bridgehead atoms. The molecular weight excluding hydrogens is 440 g/mol. The number of amides is 1. The molecule has 0 aliphatic carbocycles. The molecule has 4 N–H and O–H groups in total. The zero-order valence-electron chi connectivity index (χ0n) is 16.9. The molecule has 0 fully saturated rings. The molecule has 6 heteroatoms. The van der Waals surface area contributed by atoms with Crippen LogP contribution >= 0.6 is 15.9 Å².